The molecule has 2 atom stereocenters. The van der Waals surface area contributed by atoms with E-state index >= 15 is 0 Å². The van der Waals surface area contributed by atoms with Gasteiger partial charge in [-0.15, -0.1) is 11.3 Å². The van der Waals surface area contributed by atoms with Crippen molar-refractivity contribution in [3.63, 3.8) is 0 Å². The maximum Gasteiger partial charge on any atom is 0.315 e. The van der Waals surface area contributed by atoms with E-state index in [-0.39, 0.29) is 6.61 Å². The van der Waals surface area contributed by atoms with Crippen LogP contribution in [0.15, 0.2) is 30.5 Å². The largest absolute Gasteiger partial charge is 0.395 e. The molecule has 27 heavy (non-hydrogen) atoms. The number of halogens is 3. The second-order valence-electron chi connectivity index (χ2n) is 5.66. The van der Waals surface area contributed by atoms with Gasteiger partial charge in [-0.1, -0.05) is 24.3 Å². The zero-order chi connectivity index (χ0) is 19.8. The Bertz CT molecular complexity index is 728. The lowest BCUT2D eigenvalue weighted by atomic mass is 10.0. The summed E-state index contributed by atoms with van der Waals surface area (Å²) in [5, 5.41) is 24.6. The number of thiazole rings is 1. The van der Waals surface area contributed by atoms with Crippen LogP contribution < -0.4 is 10.6 Å². The molecule has 0 bridgehead atoms. The summed E-state index contributed by atoms with van der Waals surface area (Å²) < 4.78 is 37.6. The number of hydrogen-bond acceptors (Lipinski definition) is 6. The van der Waals surface area contributed by atoms with E-state index in [4.69, 9.17) is 5.11 Å². The van der Waals surface area contributed by atoms with E-state index in [1.54, 1.807) is 35.8 Å². The number of alkyl halides is 3. The Balaban J connectivity index is 2.04. The highest BCUT2D eigenvalue weighted by atomic mass is 32.1. The highest BCUT2D eigenvalue weighted by Gasteiger charge is 2.26. The Morgan fingerprint density at radius 3 is 2.56 bits per heavy atom. The standard InChI is InChI=1S/C17H20F3N3O3S/c18-7-12(23-17(26)16(19)20)15(25)11-3-1-10(2-4-11)13-8-22-14(27-13)9-21-5-6-24/h1-4,8,12,15-16,21,24-25H,5-7,9H2,(H,23,26)/t12-,15+/m1/s1. The fourth-order valence-electron chi connectivity index (χ4n) is 2.32. The minimum absolute atomic E-state index is 0.0413. The third-order valence-corrected chi connectivity index (χ3v) is 4.77. The first-order chi connectivity index (χ1) is 13.0. The number of nitrogens with one attached hydrogen (secondary N) is 2. The van der Waals surface area contributed by atoms with Gasteiger partial charge in [-0.05, 0) is 11.1 Å². The van der Waals surface area contributed by atoms with Crippen molar-refractivity contribution in [1.82, 2.24) is 15.6 Å². The normalized spacial score (nSPS) is 13.6. The molecule has 0 unspecified atom stereocenters. The van der Waals surface area contributed by atoms with Crippen LogP contribution in [0.25, 0.3) is 10.4 Å². The van der Waals surface area contributed by atoms with Crippen molar-refractivity contribution < 1.29 is 28.2 Å². The van der Waals surface area contributed by atoms with Gasteiger partial charge in [0.1, 0.15) is 17.8 Å². The molecule has 0 saturated heterocycles. The van der Waals surface area contributed by atoms with Crippen LogP contribution in [-0.4, -0.2) is 53.4 Å². The Kier molecular flexibility index (Phi) is 8.17. The fourth-order valence-corrected chi connectivity index (χ4v) is 3.22. The second-order valence-corrected chi connectivity index (χ2v) is 6.77. The van der Waals surface area contributed by atoms with Crippen molar-refractivity contribution in [2.45, 2.75) is 25.1 Å². The minimum atomic E-state index is -3.28. The molecule has 0 aliphatic carbocycles. The van der Waals surface area contributed by atoms with E-state index in [1.807, 2.05) is 0 Å². The van der Waals surface area contributed by atoms with Crippen molar-refractivity contribution in [2.24, 2.45) is 0 Å². The predicted octanol–water partition coefficient (Wildman–Crippen LogP) is 1.64. The summed E-state index contributed by atoms with van der Waals surface area (Å²) in [6.07, 6.45) is -3.04. The van der Waals surface area contributed by atoms with Crippen molar-refractivity contribution in [1.29, 1.82) is 0 Å². The number of aliphatic hydroxyl groups is 2. The van der Waals surface area contributed by atoms with Gasteiger partial charge in [0.05, 0.1) is 17.5 Å². The number of carbonyl (C=O) groups is 1. The Morgan fingerprint density at radius 2 is 1.96 bits per heavy atom. The number of hydrogen-bond donors (Lipinski definition) is 4. The van der Waals surface area contributed by atoms with Crippen molar-refractivity contribution in [3.05, 3.63) is 41.0 Å². The molecule has 1 aromatic heterocycles. The van der Waals surface area contributed by atoms with Gasteiger partial charge in [-0.25, -0.2) is 9.37 Å². The van der Waals surface area contributed by atoms with E-state index in [1.165, 1.54) is 11.3 Å². The smallest absolute Gasteiger partial charge is 0.315 e. The van der Waals surface area contributed by atoms with Crippen LogP contribution in [0.3, 0.4) is 0 Å². The third-order valence-electron chi connectivity index (χ3n) is 3.73. The van der Waals surface area contributed by atoms with Gasteiger partial charge in [0.2, 0.25) is 0 Å². The summed E-state index contributed by atoms with van der Waals surface area (Å²) in [5.74, 6) is -1.62. The van der Waals surface area contributed by atoms with Crippen LogP contribution in [0, 0.1) is 0 Å². The number of aromatic nitrogens is 1. The van der Waals surface area contributed by atoms with Crippen LogP contribution in [0.1, 0.15) is 16.7 Å². The number of nitrogens with zero attached hydrogens (tertiary/aromatic N) is 1. The number of carbonyl (C=O) groups excluding carboxylic acids is 1. The topological polar surface area (TPSA) is 94.5 Å². The van der Waals surface area contributed by atoms with Crippen LogP contribution in [0.4, 0.5) is 13.2 Å². The van der Waals surface area contributed by atoms with E-state index in [2.05, 4.69) is 10.3 Å². The molecular weight excluding hydrogens is 383 g/mol. The van der Waals surface area contributed by atoms with Crippen LogP contribution >= 0.6 is 11.3 Å². The highest BCUT2D eigenvalue weighted by Crippen LogP contribution is 2.28. The quantitative estimate of drug-likeness (QED) is 0.453. The van der Waals surface area contributed by atoms with Crippen molar-refractivity contribution >= 4 is 17.2 Å². The molecule has 0 saturated carbocycles. The first-order valence-electron chi connectivity index (χ1n) is 8.15. The van der Waals surface area contributed by atoms with E-state index in [0.29, 0.717) is 18.7 Å². The lowest BCUT2D eigenvalue weighted by molar-refractivity contribution is -0.133. The molecule has 148 valence electrons. The number of amides is 1. The molecule has 1 amide bonds. The van der Waals surface area contributed by atoms with Crippen molar-refractivity contribution in [2.75, 3.05) is 19.8 Å². The summed E-state index contributed by atoms with van der Waals surface area (Å²) in [7, 11) is 0. The Labute approximate surface area is 158 Å². The van der Waals surface area contributed by atoms with Gasteiger partial charge in [0.15, 0.2) is 0 Å². The number of benzene rings is 1. The van der Waals surface area contributed by atoms with Gasteiger partial charge in [0.25, 0.3) is 5.91 Å². The third kappa shape index (κ3) is 5.99. The van der Waals surface area contributed by atoms with Gasteiger partial charge < -0.3 is 20.8 Å². The molecule has 0 aliphatic heterocycles. The van der Waals surface area contributed by atoms with Crippen LogP contribution in [0.5, 0.6) is 0 Å². The molecule has 6 nitrogen and oxygen atoms in total. The average molecular weight is 403 g/mol. The van der Waals surface area contributed by atoms with Gasteiger partial charge in [0, 0.05) is 19.3 Å². The molecule has 2 aromatic rings. The molecule has 4 N–H and O–H groups in total. The van der Waals surface area contributed by atoms with E-state index in [0.717, 1.165) is 15.4 Å². The maximum atomic E-state index is 13.0. The molecular formula is C17H20F3N3O3S. The lowest BCUT2D eigenvalue weighted by Gasteiger charge is -2.21. The SMILES string of the molecule is O=C(N[C@H](CF)[C@@H](O)c1ccc(-c2cnc(CNCCO)s2)cc1)C(F)F. The fraction of sp³-hybridized carbons (Fsp3) is 0.412. The average Bonchev–Trinajstić information content (AvgIpc) is 3.14. The second kappa shape index (κ2) is 10.4. The summed E-state index contributed by atoms with van der Waals surface area (Å²) in [4.78, 5) is 16.2. The van der Waals surface area contributed by atoms with Crippen LogP contribution in [0.2, 0.25) is 0 Å². The van der Waals surface area contributed by atoms with E-state index in [9.17, 15) is 23.1 Å². The first kappa shape index (κ1) is 21.3. The first-order valence-corrected chi connectivity index (χ1v) is 8.97. The monoisotopic (exact) mass is 403 g/mol. The zero-order valence-electron chi connectivity index (χ0n) is 14.2. The Morgan fingerprint density at radius 1 is 1.26 bits per heavy atom. The summed E-state index contributed by atoms with van der Waals surface area (Å²) >= 11 is 1.46. The van der Waals surface area contributed by atoms with Gasteiger partial charge >= 0.3 is 6.43 Å². The number of rotatable bonds is 10. The predicted molar refractivity (Wildman–Crippen MR) is 95.2 cm³/mol. The summed E-state index contributed by atoms with van der Waals surface area (Å²) in [5.41, 5.74) is 1.12. The van der Waals surface area contributed by atoms with E-state index < -0.39 is 31.2 Å². The Hall–Kier alpha value is -2.01. The van der Waals surface area contributed by atoms with Crippen molar-refractivity contribution in [3.8, 4) is 10.4 Å². The molecule has 0 aliphatic rings. The summed E-state index contributed by atoms with van der Waals surface area (Å²) in [6.45, 7) is -0.135. The number of aliphatic hydroxyl groups excluding tert-OH is 2. The minimum Gasteiger partial charge on any atom is -0.395 e. The molecule has 1 aromatic carbocycles. The summed E-state index contributed by atoms with van der Waals surface area (Å²) in [6, 6.07) is 5.02. The molecule has 0 spiro atoms. The lowest BCUT2D eigenvalue weighted by Crippen LogP contribution is -2.43. The molecule has 0 radical (unpaired) electrons. The van der Waals surface area contributed by atoms with Gasteiger partial charge in [-0.2, -0.15) is 8.78 Å². The molecule has 0 fully saturated rings. The molecule has 1 heterocycles. The highest BCUT2D eigenvalue weighted by molar-refractivity contribution is 7.15. The maximum absolute atomic E-state index is 13.0. The van der Waals surface area contributed by atoms with Crippen LogP contribution in [-0.2, 0) is 11.3 Å². The molecule has 2 rings (SSSR count). The molecule has 10 heteroatoms. The van der Waals surface area contributed by atoms with Gasteiger partial charge in [-0.3, -0.25) is 4.79 Å². The zero-order valence-corrected chi connectivity index (χ0v) is 15.1.